The lowest BCUT2D eigenvalue weighted by atomic mass is 10.1. The first-order chi connectivity index (χ1) is 16.3. The molecule has 1 amide bonds. The number of hydrogen-bond donors (Lipinski definition) is 2. The van der Waals surface area contributed by atoms with Gasteiger partial charge in [0.2, 0.25) is 0 Å². The largest absolute Gasteiger partial charge is 0.369 e. The van der Waals surface area contributed by atoms with Crippen LogP contribution in [0.4, 0.5) is 11.5 Å². The van der Waals surface area contributed by atoms with Crippen LogP contribution in [0.1, 0.15) is 35.7 Å². The molecule has 2 saturated heterocycles. The van der Waals surface area contributed by atoms with Crippen molar-refractivity contribution >= 4 is 17.4 Å². The van der Waals surface area contributed by atoms with Gasteiger partial charge in [0, 0.05) is 42.3 Å². The Balaban J connectivity index is 1.20. The number of amides is 1. The van der Waals surface area contributed by atoms with E-state index in [1.807, 2.05) is 29.4 Å². The predicted molar refractivity (Wildman–Crippen MR) is 128 cm³/mol. The zero-order chi connectivity index (χ0) is 22.2. The summed E-state index contributed by atoms with van der Waals surface area (Å²) in [6.45, 7) is 4.36. The number of anilines is 2. The molecule has 6 rings (SSSR count). The van der Waals surface area contributed by atoms with E-state index in [9.17, 15) is 4.79 Å². The van der Waals surface area contributed by atoms with Crippen molar-refractivity contribution in [2.45, 2.75) is 31.3 Å². The van der Waals surface area contributed by atoms with Gasteiger partial charge in [0.05, 0.1) is 30.5 Å². The number of carbonyl (C=O) groups excluding carboxylic acids is 1. The van der Waals surface area contributed by atoms with Crippen LogP contribution >= 0.6 is 0 Å². The van der Waals surface area contributed by atoms with Crippen LogP contribution < -0.4 is 15.5 Å². The number of nitrogens with zero attached hydrogens (tertiary/aromatic N) is 5. The zero-order valence-electron chi connectivity index (χ0n) is 18.7. The van der Waals surface area contributed by atoms with Crippen molar-refractivity contribution in [1.29, 1.82) is 0 Å². The topological polar surface area (TPSA) is 78.3 Å². The summed E-state index contributed by atoms with van der Waals surface area (Å²) in [5, 5.41) is 11.4. The van der Waals surface area contributed by atoms with Crippen LogP contribution in [-0.2, 0) is 0 Å². The Morgan fingerprint density at radius 3 is 2.67 bits per heavy atom. The van der Waals surface area contributed by atoms with Gasteiger partial charge in [0.15, 0.2) is 0 Å². The molecular formula is C25H29N7O. The summed E-state index contributed by atoms with van der Waals surface area (Å²) in [6, 6.07) is 13.0. The maximum Gasteiger partial charge on any atom is 0.259 e. The normalized spacial score (nSPS) is 21.2. The zero-order valence-corrected chi connectivity index (χ0v) is 18.7. The van der Waals surface area contributed by atoms with Gasteiger partial charge in [-0.05, 0) is 50.6 Å². The third kappa shape index (κ3) is 3.84. The van der Waals surface area contributed by atoms with Gasteiger partial charge >= 0.3 is 0 Å². The average molecular weight is 444 g/mol. The minimum atomic E-state index is 0.0590. The van der Waals surface area contributed by atoms with Crippen LogP contribution in [0.5, 0.6) is 0 Å². The fraction of sp³-hybridized carbons (Fsp3) is 0.400. The lowest BCUT2D eigenvalue weighted by Crippen LogP contribution is -2.47. The number of para-hydroxylation sites is 1. The van der Waals surface area contributed by atoms with Gasteiger partial charge < -0.3 is 20.4 Å². The van der Waals surface area contributed by atoms with E-state index in [0.29, 0.717) is 24.1 Å². The van der Waals surface area contributed by atoms with Crippen molar-refractivity contribution in [3.05, 3.63) is 60.6 Å². The molecule has 0 bridgehead atoms. The molecule has 5 heterocycles. The molecule has 2 N–H and O–H groups in total. The van der Waals surface area contributed by atoms with E-state index in [-0.39, 0.29) is 11.9 Å². The highest BCUT2D eigenvalue weighted by Gasteiger charge is 2.35. The van der Waals surface area contributed by atoms with Crippen LogP contribution in [0.15, 0.2) is 55.0 Å². The minimum Gasteiger partial charge on any atom is -0.369 e. The maximum absolute atomic E-state index is 13.5. The molecule has 0 unspecified atom stereocenters. The summed E-state index contributed by atoms with van der Waals surface area (Å²) < 4.78 is 2.07. The molecule has 3 aliphatic heterocycles. The highest BCUT2D eigenvalue weighted by Crippen LogP contribution is 2.30. The van der Waals surface area contributed by atoms with E-state index in [1.165, 1.54) is 5.69 Å². The Morgan fingerprint density at radius 1 is 0.970 bits per heavy atom. The molecule has 0 spiro atoms. The van der Waals surface area contributed by atoms with Crippen LogP contribution in [-0.4, -0.2) is 64.5 Å². The van der Waals surface area contributed by atoms with E-state index in [4.69, 9.17) is 0 Å². The molecule has 2 aromatic heterocycles. The summed E-state index contributed by atoms with van der Waals surface area (Å²) in [7, 11) is 0. The second-order valence-corrected chi connectivity index (χ2v) is 9.14. The standard InChI is InChI=1S/C25H29N7O/c33-25-23-12-18(19-14-29-32(15-19)21-6-9-26-10-7-21)13-27-24(23)28-17-31(25)22-8-11-30(16-22)20-4-2-1-3-5-20/h1-5,12-15,21-22,26H,6-11,16-17H2,(H,27,28)/t22-/m1/s1. The Labute approximate surface area is 193 Å². The highest BCUT2D eigenvalue weighted by molar-refractivity contribution is 6.01. The number of nitrogens with one attached hydrogen (secondary N) is 2. The minimum absolute atomic E-state index is 0.0590. The molecule has 0 saturated carbocycles. The number of fused-ring (bicyclic) bond motifs is 1. The quantitative estimate of drug-likeness (QED) is 0.646. The predicted octanol–water partition coefficient (Wildman–Crippen LogP) is 2.97. The summed E-state index contributed by atoms with van der Waals surface area (Å²) in [4.78, 5) is 22.4. The third-order valence-corrected chi connectivity index (χ3v) is 7.14. The van der Waals surface area contributed by atoms with Crippen molar-refractivity contribution < 1.29 is 4.79 Å². The van der Waals surface area contributed by atoms with Crippen molar-refractivity contribution in [3.8, 4) is 11.1 Å². The van der Waals surface area contributed by atoms with Crippen molar-refractivity contribution in [2.24, 2.45) is 0 Å². The number of piperidine rings is 1. The lowest BCUT2D eigenvalue weighted by Gasteiger charge is -2.34. The molecule has 8 nitrogen and oxygen atoms in total. The number of pyridine rings is 1. The van der Waals surface area contributed by atoms with Crippen LogP contribution in [0.25, 0.3) is 11.1 Å². The van der Waals surface area contributed by atoms with Crippen LogP contribution in [0.2, 0.25) is 0 Å². The van der Waals surface area contributed by atoms with Gasteiger partial charge in [-0.15, -0.1) is 0 Å². The first-order valence-corrected chi connectivity index (χ1v) is 11.9. The number of carbonyl (C=O) groups is 1. The maximum atomic E-state index is 13.5. The third-order valence-electron chi connectivity index (χ3n) is 7.14. The first-order valence-electron chi connectivity index (χ1n) is 11.9. The molecule has 3 aromatic rings. The van der Waals surface area contributed by atoms with Gasteiger partial charge in [0.1, 0.15) is 5.82 Å². The summed E-state index contributed by atoms with van der Waals surface area (Å²) >= 11 is 0. The smallest absolute Gasteiger partial charge is 0.259 e. The highest BCUT2D eigenvalue weighted by atomic mass is 16.2. The number of rotatable bonds is 4. The Morgan fingerprint density at radius 2 is 1.82 bits per heavy atom. The molecule has 2 fully saturated rings. The molecule has 8 heteroatoms. The van der Waals surface area contributed by atoms with Crippen molar-refractivity contribution in [2.75, 3.05) is 43.1 Å². The van der Waals surface area contributed by atoms with Gasteiger partial charge in [-0.1, -0.05) is 18.2 Å². The first kappa shape index (κ1) is 20.2. The van der Waals surface area contributed by atoms with Gasteiger partial charge in [0.25, 0.3) is 5.91 Å². The summed E-state index contributed by atoms with van der Waals surface area (Å²) in [5.41, 5.74) is 3.80. The van der Waals surface area contributed by atoms with Crippen molar-refractivity contribution in [3.63, 3.8) is 0 Å². The number of aromatic nitrogens is 3. The Kier molecular flexibility index (Phi) is 5.22. The van der Waals surface area contributed by atoms with Gasteiger partial charge in [-0.2, -0.15) is 5.10 Å². The number of benzene rings is 1. The van der Waals surface area contributed by atoms with Crippen LogP contribution in [0.3, 0.4) is 0 Å². The fourth-order valence-corrected chi connectivity index (χ4v) is 5.24. The monoisotopic (exact) mass is 443 g/mol. The SMILES string of the molecule is O=C1c2cc(-c3cnn(C4CCNCC4)c3)cnc2NCN1[C@@H]1CCN(c2ccccc2)C1. The van der Waals surface area contributed by atoms with E-state index >= 15 is 0 Å². The molecule has 0 radical (unpaired) electrons. The second kappa shape index (κ2) is 8.51. The van der Waals surface area contributed by atoms with Gasteiger partial charge in [-0.3, -0.25) is 9.48 Å². The second-order valence-electron chi connectivity index (χ2n) is 9.14. The van der Waals surface area contributed by atoms with Crippen LogP contribution in [0, 0.1) is 0 Å². The molecule has 1 atom stereocenters. The molecule has 170 valence electrons. The van der Waals surface area contributed by atoms with Gasteiger partial charge in [-0.25, -0.2) is 4.98 Å². The van der Waals surface area contributed by atoms with E-state index in [2.05, 4.69) is 60.8 Å². The fourth-order valence-electron chi connectivity index (χ4n) is 5.24. The summed E-state index contributed by atoms with van der Waals surface area (Å²) in [5.74, 6) is 0.729. The number of hydrogen-bond acceptors (Lipinski definition) is 6. The Hall–Kier alpha value is -3.39. The van der Waals surface area contributed by atoms with Crippen molar-refractivity contribution in [1.82, 2.24) is 25.0 Å². The molecular weight excluding hydrogens is 414 g/mol. The summed E-state index contributed by atoms with van der Waals surface area (Å²) in [6.07, 6.45) is 8.95. The van der Waals surface area contributed by atoms with E-state index in [1.54, 1.807) is 0 Å². The molecule has 33 heavy (non-hydrogen) atoms. The lowest BCUT2D eigenvalue weighted by molar-refractivity contribution is 0.0697. The van der Waals surface area contributed by atoms with E-state index < -0.39 is 0 Å². The average Bonchev–Trinajstić information content (AvgIpc) is 3.56. The molecule has 0 aliphatic carbocycles. The van der Waals surface area contributed by atoms with E-state index in [0.717, 1.165) is 56.6 Å². The Bertz CT molecular complexity index is 1140. The molecule has 3 aliphatic rings. The molecule has 1 aromatic carbocycles.